The Hall–Kier alpha value is -1.87. The molecule has 0 aliphatic rings. The number of nitrogens with zero attached hydrogens (tertiary/aromatic N) is 1. The molecule has 0 unspecified atom stereocenters. The quantitative estimate of drug-likeness (QED) is 0.812. The number of pyridine rings is 1. The number of hydrogen-bond acceptors (Lipinski definition) is 3. The van der Waals surface area contributed by atoms with Gasteiger partial charge in [0.2, 0.25) is 0 Å². The van der Waals surface area contributed by atoms with Crippen LogP contribution in [0.5, 0.6) is 0 Å². The largest absolute Gasteiger partial charge is 0.378 e. The van der Waals surface area contributed by atoms with Gasteiger partial charge in [-0.1, -0.05) is 30.7 Å². The molecule has 2 aromatic rings. The minimum absolute atomic E-state index is 0.126. The third kappa shape index (κ3) is 3.42. The summed E-state index contributed by atoms with van der Waals surface area (Å²) in [7, 11) is 0. The first-order valence-corrected chi connectivity index (χ1v) is 7.38. The van der Waals surface area contributed by atoms with Crippen molar-refractivity contribution in [1.29, 1.82) is 0 Å². The summed E-state index contributed by atoms with van der Waals surface area (Å²) in [6.07, 6.45) is 3.47. The van der Waals surface area contributed by atoms with E-state index in [1.807, 2.05) is 32.0 Å². The molecule has 21 heavy (non-hydrogen) atoms. The molecule has 1 heterocycles. The Morgan fingerprint density at radius 3 is 2.71 bits per heavy atom. The van der Waals surface area contributed by atoms with Crippen LogP contribution in [0.4, 0.5) is 5.69 Å². The van der Waals surface area contributed by atoms with Gasteiger partial charge in [-0.25, -0.2) is 0 Å². The lowest BCUT2D eigenvalue weighted by Crippen LogP contribution is -2.12. The van der Waals surface area contributed by atoms with Gasteiger partial charge in [0.25, 0.3) is 0 Å². The number of carbonyl (C=O) groups is 1. The van der Waals surface area contributed by atoms with E-state index < -0.39 is 0 Å². The standard InChI is InChI=1S/C17H19ClN2O/c1-4-16(13-5-6-15(18)11(2)9-13)20-17-7-8-19-12(3)14(17)10-21/h5-10,16H,4H2,1-3H3,(H,19,20)/t16-/m1/s1. The lowest BCUT2D eigenvalue weighted by molar-refractivity contribution is 0.112. The van der Waals surface area contributed by atoms with Gasteiger partial charge in [-0.15, -0.1) is 0 Å². The Morgan fingerprint density at radius 2 is 2.10 bits per heavy atom. The maximum Gasteiger partial charge on any atom is 0.153 e. The van der Waals surface area contributed by atoms with Crippen molar-refractivity contribution in [2.45, 2.75) is 33.2 Å². The van der Waals surface area contributed by atoms with Crippen molar-refractivity contribution in [2.24, 2.45) is 0 Å². The van der Waals surface area contributed by atoms with E-state index in [0.717, 1.165) is 40.2 Å². The van der Waals surface area contributed by atoms with Crippen LogP contribution in [0.2, 0.25) is 5.02 Å². The fourth-order valence-electron chi connectivity index (χ4n) is 2.35. The summed E-state index contributed by atoms with van der Waals surface area (Å²) in [6, 6.07) is 7.97. The van der Waals surface area contributed by atoms with Gasteiger partial charge >= 0.3 is 0 Å². The van der Waals surface area contributed by atoms with E-state index in [2.05, 4.69) is 23.3 Å². The number of aryl methyl sites for hydroxylation is 2. The van der Waals surface area contributed by atoms with Crippen LogP contribution >= 0.6 is 11.6 Å². The van der Waals surface area contributed by atoms with Crippen LogP contribution in [-0.2, 0) is 0 Å². The third-order valence-corrected chi connectivity index (χ3v) is 4.05. The van der Waals surface area contributed by atoms with Gasteiger partial charge in [0, 0.05) is 22.6 Å². The molecule has 1 N–H and O–H groups in total. The highest BCUT2D eigenvalue weighted by Crippen LogP contribution is 2.27. The molecule has 0 aliphatic carbocycles. The molecule has 0 aliphatic heterocycles. The number of anilines is 1. The van der Waals surface area contributed by atoms with Gasteiger partial charge in [0.15, 0.2) is 6.29 Å². The lowest BCUT2D eigenvalue weighted by Gasteiger charge is -2.21. The second-order valence-electron chi connectivity index (χ2n) is 5.09. The monoisotopic (exact) mass is 302 g/mol. The summed E-state index contributed by atoms with van der Waals surface area (Å²) in [6.45, 7) is 5.94. The molecule has 0 fully saturated rings. The van der Waals surface area contributed by atoms with Crippen LogP contribution in [-0.4, -0.2) is 11.3 Å². The lowest BCUT2D eigenvalue weighted by atomic mass is 10.0. The molecule has 0 spiro atoms. The van der Waals surface area contributed by atoms with E-state index in [4.69, 9.17) is 11.6 Å². The molecule has 0 bridgehead atoms. The normalized spacial score (nSPS) is 12.0. The Balaban J connectivity index is 2.33. The predicted octanol–water partition coefficient (Wildman–Crippen LogP) is 4.73. The van der Waals surface area contributed by atoms with Crippen LogP contribution in [0.15, 0.2) is 30.5 Å². The Kier molecular flexibility index (Phi) is 4.97. The van der Waals surface area contributed by atoms with E-state index in [9.17, 15) is 4.79 Å². The Labute approximate surface area is 130 Å². The SMILES string of the molecule is CC[C@@H](Nc1ccnc(C)c1C=O)c1ccc(Cl)c(C)c1. The van der Waals surface area contributed by atoms with Gasteiger partial charge in [-0.2, -0.15) is 0 Å². The zero-order valence-electron chi connectivity index (χ0n) is 12.5. The number of halogens is 1. The fraction of sp³-hybridized carbons (Fsp3) is 0.294. The van der Waals surface area contributed by atoms with Crippen molar-refractivity contribution in [3.63, 3.8) is 0 Å². The number of hydrogen-bond donors (Lipinski definition) is 1. The molecule has 0 amide bonds. The number of rotatable bonds is 5. The maximum atomic E-state index is 11.3. The topological polar surface area (TPSA) is 42.0 Å². The molecule has 0 saturated carbocycles. The van der Waals surface area contributed by atoms with Gasteiger partial charge in [-0.05, 0) is 43.5 Å². The van der Waals surface area contributed by atoms with Gasteiger partial charge in [0.05, 0.1) is 11.6 Å². The molecule has 1 aromatic carbocycles. The molecule has 0 saturated heterocycles. The molecular formula is C17H19ClN2O. The van der Waals surface area contributed by atoms with Crippen molar-refractivity contribution in [1.82, 2.24) is 4.98 Å². The number of benzene rings is 1. The van der Waals surface area contributed by atoms with Gasteiger partial charge < -0.3 is 5.32 Å². The first-order valence-electron chi connectivity index (χ1n) is 7.00. The predicted molar refractivity (Wildman–Crippen MR) is 87.2 cm³/mol. The summed E-state index contributed by atoms with van der Waals surface area (Å²) in [4.78, 5) is 15.4. The molecular weight excluding hydrogens is 284 g/mol. The van der Waals surface area contributed by atoms with Crippen molar-refractivity contribution < 1.29 is 4.79 Å². The van der Waals surface area contributed by atoms with E-state index in [-0.39, 0.29) is 6.04 Å². The third-order valence-electron chi connectivity index (χ3n) is 3.63. The highest BCUT2D eigenvalue weighted by molar-refractivity contribution is 6.31. The highest BCUT2D eigenvalue weighted by atomic mass is 35.5. The van der Waals surface area contributed by atoms with Crippen LogP contribution < -0.4 is 5.32 Å². The zero-order valence-corrected chi connectivity index (χ0v) is 13.2. The summed E-state index contributed by atoms with van der Waals surface area (Å²) in [5.74, 6) is 0. The molecule has 3 nitrogen and oxygen atoms in total. The molecule has 0 radical (unpaired) electrons. The van der Waals surface area contributed by atoms with Crippen LogP contribution in [0.3, 0.4) is 0 Å². The van der Waals surface area contributed by atoms with E-state index in [1.54, 1.807) is 6.20 Å². The van der Waals surface area contributed by atoms with Crippen molar-refractivity contribution in [3.05, 3.63) is 57.9 Å². The first-order chi connectivity index (χ1) is 10.1. The van der Waals surface area contributed by atoms with Gasteiger partial charge in [0.1, 0.15) is 0 Å². The van der Waals surface area contributed by atoms with Crippen molar-refractivity contribution in [2.75, 3.05) is 5.32 Å². The number of aromatic nitrogens is 1. The number of aldehydes is 1. The highest BCUT2D eigenvalue weighted by Gasteiger charge is 2.13. The Bertz CT molecular complexity index is 655. The smallest absolute Gasteiger partial charge is 0.153 e. The number of nitrogens with one attached hydrogen (secondary N) is 1. The van der Waals surface area contributed by atoms with E-state index in [0.29, 0.717) is 5.56 Å². The first kappa shape index (κ1) is 15.5. The molecule has 4 heteroatoms. The van der Waals surface area contributed by atoms with Gasteiger partial charge in [-0.3, -0.25) is 9.78 Å². The summed E-state index contributed by atoms with van der Waals surface area (Å²) in [5.41, 5.74) is 4.37. The second-order valence-corrected chi connectivity index (χ2v) is 5.50. The summed E-state index contributed by atoms with van der Waals surface area (Å²) >= 11 is 6.08. The minimum atomic E-state index is 0.126. The fourth-order valence-corrected chi connectivity index (χ4v) is 2.46. The molecule has 1 aromatic heterocycles. The second kappa shape index (κ2) is 6.72. The summed E-state index contributed by atoms with van der Waals surface area (Å²) < 4.78 is 0. The number of carbonyl (C=O) groups excluding carboxylic acids is 1. The maximum absolute atomic E-state index is 11.3. The average Bonchev–Trinajstić information content (AvgIpc) is 2.48. The van der Waals surface area contributed by atoms with Crippen molar-refractivity contribution in [3.8, 4) is 0 Å². The van der Waals surface area contributed by atoms with Crippen LogP contribution in [0.25, 0.3) is 0 Å². The van der Waals surface area contributed by atoms with Crippen molar-refractivity contribution >= 4 is 23.6 Å². The van der Waals surface area contributed by atoms with E-state index >= 15 is 0 Å². The van der Waals surface area contributed by atoms with Crippen LogP contribution in [0.1, 0.15) is 46.6 Å². The zero-order chi connectivity index (χ0) is 15.4. The molecule has 110 valence electrons. The average molecular weight is 303 g/mol. The van der Waals surface area contributed by atoms with E-state index in [1.165, 1.54) is 0 Å². The summed E-state index contributed by atoms with van der Waals surface area (Å²) in [5, 5.41) is 4.20. The molecule has 1 atom stereocenters. The Morgan fingerprint density at radius 1 is 1.33 bits per heavy atom. The minimum Gasteiger partial charge on any atom is -0.378 e. The molecule has 2 rings (SSSR count). The van der Waals surface area contributed by atoms with Crippen LogP contribution in [0, 0.1) is 13.8 Å².